The van der Waals surface area contributed by atoms with Crippen molar-refractivity contribution in [2.75, 3.05) is 28.6 Å². The number of anilines is 3. The van der Waals surface area contributed by atoms with Gasteiger partial charge in [-0.2, -0.15) is 0 Å². The number of carbonyl (C=O) groups is 2. The second-order valence-corrected chi connectivity index (χ2v) is 5.88. The van der Waals surface area contributed by atoms with Crippen LogP contribution >= 0.6 is 0 Å². The molecule has 2 N–H and O–H groups in total. The molecule has 2 aromatic rings. The number of hydrogen-bond donors (Lipinski definition) is 2. The van der Waals surface area contributed by atoms with Crippen LogP contribution in [0.3, 0.4) is 0 Å². The quantitative estimate of drug-likeness (QED) is 0.613. The van der Waals surface area contributed by atoms with E-state index in [1.165, 1.54) is 18.2 Å². The summed E-state index contributed by atoms with van der Waals surface area (Å²) in [6.07, 6.45) is 1.35. The van der Waals surface area contributed by atoms with Crippen molar-refractivity contribution in [3.05, 3.63) is 58.6 Å². The van der Waals surface area contributed by atoms with Gasteiger partial charge in [0.2, 0.25) is 11.8 Å². The fourth-order valence-electron chi connectivity index (χ4n) is 2.84. The van der Waals surface area contributed by atoms with Crippen LogP contribution in [0.15, 0.2) is 48.5 Å². The van der Waals surface area contributed by atoms with Gasteiger partial charge in [-0.3, -0.25) is 19.7 Å². The molecular weight excluding hydrogens is 336 g/mol. The van der Waals surface area contributed by atoms with Crippen LogP contribution in [0.5, 0.6) is 0 Å². The molecule has 0 atom stereocenters. The number of nitro benzene ring substituents is 1. The number of nitrogens with one attached hydrogen (secondary N) is 2. The molecule has 1 aliphatic rings. The van der Waals surface area contributed by atoms with E-state index < -0.39 is 4.92 Å². The number of carbonyl (C=O) groups excluding carboxylic acids is 2. The van der Waals surface area contributed by atoms with Crippen LogP contribution in [0, 0.1) is 10.1 Å². The molecule has 0 unspecified atom stereocenters. The number of nitro groups is 1. The van der Waals surface area contributed by atoms with Crippen LogP contribution in [0.1, 0.15) is 12.8 Å². The van der Waals surface area contributed by atoms with Gasteiger partial charge in [-0.05, 0) is 24.6 Å². The molecule has 3 rings (SSSR count). The van der Waals surface area contributed by atoms with E-state index in [1.807, 2.05) is 24.3 Å². The van der Waals surface area contributed by atoms with Gasteiger partial charge < -0.3 is 15.5 Å². The lowest BCUT2D eigenvalue weighted by Gasteiger charge is -2.20. The van der Waals surface area contributed by atoms with Crippen molar-refractivity contribution in [2.45, 2.75) is 12.8 Å². The summed E-state index contributed by atoms with van der Waals surface area (Å²) in [7, 11) is 0. The lowest BCUT2D eigenvalue weighted by atomic mass is 10.2. The minimum Gasteiger partial charge on any atom is -0.374 e. The van der Waals surface area contributed by atoms with E-state index >= 15 is 0 Å². The van der Waals surface area contributed by atoms with Crippen molar-refractivity contribution in [1.82, 2.24) is 0 Å². The highest BCUT2D eigenvalue weighted by Gasteiger charge is 2.23. The Hall–Kier alpha value is -3.42. The minimum atomic E-state index is -0.517. The van der Waals surface area contributed by atoms with Gasteiger partial charge >= 0.3 is 0 Å². The molecule has 8 nitrogen and oxygen atoms in total. The number of benzene rings is 2. The molecule has 0 radical (unpaired) electrons. The number of rotatable bonds is 6. The van der Waals surface area contributed by atoms with Crippen LogP contribution in [0.25, 0.3) is 0 Å². The van der Waals surface area contributed by atoms with Crippen molar-refractivity contribution in [1.29, 1.82) is 0 Å². The van der Waals surface area contributed by atoms with Crippen LogP contribution in [0.2, 0.25) is 0 Å². The summed E-state index contributed by atoms with van der Waals surface area (Å²) in [5, 5.41) is 16.4. The Kier molecular flexibility index (Phi) is 5.12. The molecule has 1 aliphatic heterocycles. The highest BCUT2D eigenvalue weighted by molar-refractivity contribution is 5.99. The van der Waals surface area contributed by atoms with Crippen molar-refractivity contribution in [3.63, 3.8) is 0 Å². The second-order valence-electron chi connectivity index (χ2n) is 5.88. The van der Waals surface area contributed by atoms with Gasteiger partial charge in [0.25, 0.3) is 5.69 Å². The lowest BCUT2D eigenvalue weighted by molar-refractivity contribution is -0.384. The predicted molar refractivity (Wildman–Crippen MR) is 98.2 cm³/mol. The number of non-ortho nitro benzene ring substituents is 1. The summed E-state index contributed by atoms with van der Waals surface area (Å²) in [5.41, 5.74) is 1.71. The average Bonchev–Trinajstić information content (AvgIpc) is 3.06. The SMILES string of the molecule is O=C(CNc1ccccc1N1CCCC1=O)Nc1cccc([N+](=O)[O-])c1. The van der Waals surface area contributed by atoms with Gasteiger partial charge in [0, 0.05) is 30.8 Å². The summed E-state index contributed by atoms with van der Waals surface area (Å²) >= 11 is 0. The summed E-state index contributed by atoms with van der Waals surface area (Å²) in [6, 6.07) is 13.1. The summed E-state index contributed by atoms with van der Waals surface area (Å²) < 4.78 is 0. The van der Waals surface area contributed by atoms with E-state index in [0.717, 1.165) is 12.1 Å². The smallest absolute Gasteiger partial charge is 0.271 e. The molecule has 0 saturated carbocycles. The van der Waals surface area contributed by atoms with E-state index in [9.17, 15) is 19.7 Å². The zero-order chi connectivity index (χ0) is 18.5. The number of hydrogen-bond acceptors (Lipinski definition) is 5. The van der Waals surface area contributed by atoms with Crippen LogP contribution in [0.4, 0.5) is 22.7 Å². The number of amides is 2. The first kappa shape index (κ1) is 17.4. The third-order valence-corrected chi connectivity index (χ3v) is 4.05. The Morgan fingerprint density at radius 1 is 1.19 bits per heavy atom. The molecule has 2 amide bonds. The van der Waals surface area contributed by atoms with Gasteiger partial charge in [0.05, 0.1) is 22.8 Å². The Balaban J connectivity index is 1.64. The van der Waals surface area contributed by atoms with Gasteiger partial charge in [0.15, 0.2) is 0 Å². The molecule has 0 aromatic heterocycles. The highest BCUT2D eigenvalue weighted by atomic mass is 16.6. The van der Waals surface area contributed by atoms with Crippen molar-refractivity contribution < 1.29 is 14.5 Å². The zero-order valence-corrected chi connectivity index (χ0v) is 14.0. The third-order valence-electron chi connectivity index (χ3n) is 4.05. The molecule has 1 fully saturated rings. The molecule has 0 spiro atoms. The fraction of sp³-hybridized carbons (Fsp3) is 0.222. The summed E-state index contributed by atoms with van der Waals surface area (Å²) in [6.45, 7) is 0.638. The standard InChI is InChI=1S/C18H18N4O4/c23-17(20-13-5-3-6-14(11-13)22(25)26)12-19-15-7-1-2-8-16(15)21-10-4-9-18(21)24/h1-3,5-8,11,19H,4,9-10,12H2,(H,20,23). The lowest BCUT2D eigenvalue weighted by Crippen LogP contribution is -2.26. The predicted octanol–water partition coefficient (Wildman–Crippen LogP) is 2.77. The van der Waals surface area contributed by atoms with Crippen LogP contribution < -0.4 is 15.5 Å². The van der Waals surface area contributed by atoms with E-state index in [-0.39, 0.29) is 24.0 Å². The van der Waals surface area contributed by atoms with Crippen molar-refractivity contribution in [3.8, 4) is 0 Å². The number of para-hydroxylation sites is 2. The molecule has 0 aliphatic carbocycles. The number of nitrogens with zero attached hydrogens (tertiary/aromatic N) is 2. The maximum Gasteiger partial charge on any atom is 0.271 e. The van der Waals surface area contributed by atoms with Crippen LogP contribution in [-0.2, 0) is 9.59 Å². The summed E-state index contributed by atoms with van der Waals surface area (Å²) in [4.78, 5) is 36.1. The normalized spacial score (nSPS) is 13.5. The van der Waals surface area contributed by atoms with Crippen molar-refractivity contribution >= 4 is 34.6 Å². The zero-order valence-electron chi connectivity index (χ0n) is 14.0. The van der Waals surface area contributed by atoms with Gasteiger partial charge in [-0.25, -0.2) is 0 Å². The monoisotopic (exact) mass is 354 g/mol. The Bertz CT molecular complexity index is 853. The first-order valence-electron chi connectivity index (χ1n) is 8.22. The van der Waals surface area contributed by atoms with E-state index in [2.05, 4.69) is 10.6 Å². The molecule has 1 heterocycles. The van der Waals surface area contributed by atoms with Gasteiger partial charge in [-0.15, -0.1) is 0 Å². The third kappa shape index (κ3) is 3.97. The van der Waals surface area contributed by atoms with Crippen molar-refractivity contribution in [2.24, 2.45) is 0 Å². The van der Waals surface area contributed by atoms with Gasteiger partial charge in [0.1, 0.15) is 0 Å². The molecule has 26 heavy (non-hydrogen) atoms. The topological polar surface area (TPSA) is 105 Å². The molecule has 2 aromatic carbocycles. The molecule has 1 saturated heterocycles. The summed E-state index contributed by atoms with van der Waals surface area (Å²) in [5.74, 6) is -0.270. The average molecular weight is 354 g/mol. The van der Waals surface area contributed by atoms with Crippen LogP contribution in [-0.4, -0.2) is 29.8 Å². The Labute approximate surface area is 150 Å². The first-order chi connectivity index (χ1) is 12.5. The fourth-order valence-corrected chi connectivity index (χ4v) is 2.84. The molecular formula is C18H18N4O4. The minimum absolute atomic E-state index is 0.0261. The van der Waals surface area contributed by atoms with Gasteiger partial charge in [-0.1, -0.05) is 18.2 Å². The van der Waals surface area contributed by atoms with E-state index in [0.29, 0.717) is 24.3 Å². The highest BCUT2D eigenvalue weighted by Crippen LogP contribution is 2.29. The molecule has 134 valence electrons. The maximum atomic E-state index is 12.1. The maximum absolute atomic E-state index is 12.1. The Morgan fingerprint density at radius 3 is 2.73 bits per heavy atom. The second kappa shape index (κ2) is 7.64. The largest absolute Gasteiger partial charge is 0.374 e. The molecule has 0 bridgehead atoms. The Morgan fingerprint density at radius 2 is 2.00 bits per heavy atom. The van der Waals surface area contributed by atoms with E-state index in [4.69, 9.17) is 0 Å². The first-order valence-corrected chi connectivity index (χ1v) is 8.22. The molecule has 8 heteroatoms. The van der Waals surface area contributed by atoms with E-state index in [1.54, 1.807) is 11.0 Å².